The van der Waals surface area contributed by atoms with Crippen LogP contribution in [0.15, 0.2) is 53.4 Å². The second kappa shape index (κ2) is 10.5. The van der Waals surface area contributed by atoms with Crippen molar-refractivity contribution in [2.45, 2.75) is 43.7 Å². The third-order valence-electron chi connectivity index (χ3n) is 6.03. The first kappa shape index (κ1) is 24.2. The second-order valence-electron chi connectivity index (χ2n) is 8.57. The zero-order chi connectivity index (χ0) is 23.3. The molecule has 1 amide bonds. The van der Waals surface area contributed by atoms with Crippen LogP contribution in [0.4, 0.5) is 11.4 Å². The molecule has 0 aromatic heterocycles. The van der Waals surface area contributed by atoms with E-state index in [-0.39, 0.29) is 10.8 Å². The first-order chi connectivity index (χ1) is 15.2. The maximum atomic E-state index is 12.9. The van der Waals surface area contributed by atoms with Crippen LogP contribution < -0.4 is 10.2 Å². The van der Waals surface area contributed by atoms with E-state index in [1.165, 1.54) is 56.7 Å². The number of para-hydroxylation sites is 1. The lowest BCUT2D eigenvalue weighted by Crippen LogP contribution is -2.39. The molecule has 3 rings (SSSR count). The Kier molecular flexibility index (Phi) is 7.92. The van der Waals surface area contributed by atoms with E-state index in [2.05, 4.69) is 28.4 Å². The second-order valence-corrected chi connectivity index (χ2v) is 10.7. The van der Waals surface area contributed by atoms with Gasteiger partial charge in [-0.3, -0.25) is 9.69 Å². The highest BCUT2D eigenvalue weighted by molar-refractivity contribution is 7.89. The molecule has 0 radical (unpaired) electrons. The lowest BCUT2D eigenvalue weighted by atomic mass is 10.1. The highest BCUT2D eigenvalue weighted by atomic mass is 32.2. The zero-order valence-electron chi connectivity index (χ0n) is 19.4. The summed E-state index contributed by atoms with van der Waals surface area (Å²) in [5, 5.41) is 2.86. The van der Waals surface area contributed by atoms with Gasteiger partial charge in [0.05, 0.1) is 10.9 Å². The van der Waals surface area contributed by atoms with Crippen molar-refractivity contribution in [2.24, 2.45) is 0 Å². The Bertz CT molecular complexity index is 1030. The number of benzene rings is 2. The molecule has 1 atom stereocenters. The predicted octanol–water partition coefficient (Wildman–Crippen LogP) is 3.39. The fourth-order valence-electron chi connectivity index (χ4n) is 3.89. The van der Waals surface area contributed by atoms with Crippen molar-refractivity contribution in [3.63, 3.8) is 0 Å². The lowest BCUT2D eigenvalue weighted by Gasteiger charge is -2.32. The molecule has 0 unspecified atom stereocenters. The van der Waals surface area contributed by atoms with Gasteiger partial charge in [-0.2, -0.15) is 0 Å². The zero-order valence-corrected chi connectivity index (χ0v) is 20.2. The molecule has 1 aliphatic rings. The van der Waals surface area contributed by atoms with Crippen LogP contribution in [-0.2, 0) is 21.4 Å². The van der Waals surface area contributed by atoms with Gasteiger partial charge in [0.1, 0.15) is 0 Å². The molecule has 174 valence electrons. The maximum Gasteiger partial charge on any atom is 0.242 e. The monoisotopic (exact) mass is 458 g/mol. The minimum absolute atomic E-state index is 0.150. The molecule has 1 aliphatic heterocycles. The fourth-order valence-corrected chi connectivity index (χ4v) is 4.83. The molecule has 0 bridgehead atoms. The molecule has 7 nitrogen and oxygen atoms in total. The highest BCUT2D eigenvalue weighted by Crippen LogP contribution is 2.26. The number of nitrogens with zero attached hydrogens (tertiary/aromatic N) is 3. The van der Waals surface area contributed by atoms with Gasteiger partial charge in [-0.15, -0.1) is 0 Å². The normalized spacial score (nSPS) is 15.8. The van der Waals surface area contributed by atoms with Crippen LogP contribution in [-0.4, -0.2) is 63.8 Å². The van der Waals surface area contributed by atoms with E-state index < -0.39 is 16.1 Å². The van der Waals surface area contributed by atoms with Gasteiger partial charge < -0.3 is 10.2 Å². The van der Waals surface area contributed by atoms with Crippen LogP contribution in [0.25, 0.3) is 0 Å². The molecular formula is C24H34N4O3S. The van der Waals surface area contributed by atoms with Crippen LogP contribution in [0.1, 0.15) is 31.7 Å². The average Bonchev–Trinajstić information content (AvgIpc) is 2.79. The quantitative estimate of drug-likeness (QED) is 0.657. The molecule has 0 spiro atoms. The van der Waals surface area contributed by atoms with Gasteiger partial charge in [-0.25, -0.2) is 12.7 Å². The number of piperidine rings is 1. The van der Waals surface area contributed by atoms with Crippen LogP contribution in [0.3, 0.4) is 0 Å². The minimum atomic E-state index is -3.56. The summed E-state index contributed by atoms with van der Waals surface area (Å²) in [5.41, 5.74) is 2.91. The third kappa shape index (κ3) is 5.68. The number of likely N-dealkylation sites (N-methyl/N-ethyl adjacent to an activating group) is 1. The van der Waals surface area contributed by atoms with Crippen molar-refractivity contribution in [3.8, 4) is 0 Å². The molecule has 0 aliphatic carbocycles. The summed E-state index contributed by atoms with van der Waals surface area (Å²) >= 11 is 0. The Morgan fingerprint density at radius 3 is 2.41 bits per heavy atom. The number of anilines is 2. The molecule has 1 fully saturated rings. The molecule has 1 N–H and O–H groups in total. The largest absolute Gasteiger partial charge is 0.371 e. The van der Waals surface area contributed by atoms with E-state index in [9.17, 15) is 13.2 Å². The Morgan fingerprint density at radius 1 is 1.03 bits per heavy atom. The predicted molar refractivity (Wildman–Crippen MR) is 129 cm³/mol. The van der Waals surface area contributed by atoms with Gasteiger partial charge in [0.25, 0.3) is 0 Å². The number of rotatable bonds is 8. The van der Waals surface area contributed by atoms with Crippen molar-refractivity contribution in [1.29, 1.82) is 0 Å². The van der Waals surface area contributed by atoms with Crippen molar-refractivity contribution >= 4 is 27.3 Å². The number of nitrogens with one attached hydrogen (secondary N) is 1. The van der Waals surface area contributed by atoms with Crippen molar-refractivity contribution in [1.82, 2.24) is 9.21 Å². The van der Waals surface area contributed by atoms with Gasteiger partial charge in [0.2, 0.25) is 15.9 Å². The van der Waals surface area contributed by atoms with Gasteiger partial charge in [0.15, 0.2) is 0 Å². The summed E-state index contributed by atoms with van der Waals surface area (Å²) < 4.78 is 25.9. The standard InChI is InChI=1S/C24H34N4O3S/c1-19(24(29)25-21-12-10-13-22(17-21)32(30,31)26(2)3)27(4)18-20-11-6-7-14-23(20)28-15-8-5-9-16-28/h6-7,10-14,17,19H,5,8-9,15-16,18H2,1-4H3,(H,25,29)/t19-/m0/s1. The van der Waals surface area contributed by atoms with E-state index >= 15 is 0 Å². The molecule has 2 aromatic rings. The first-order valence-electron chi connectivity index (χ1n) is 11.1. The van der Waals surface area contributed by atoms with Crippen molar-refractivity contribution < 1.29 is 13.2 Å². The smallest absolute Gasteiger partial charge is 0.242 e. The molecule has 0 saturated carbocycles. The minimum Gasteiger partial charge on any atom is -0.371 e. The third-order valence-corrected chi connectivity index (χ3v) is 7.84. The van der Waals surface area contributed by atoms with E-state index in [0.717, 1.165) is 17.4 Å². The first-order valence-corrected chi connectivity index (χ1v) is 12.5. The van der Waals surface area contributed by atoms with Crippen LogP contribution in [0, 0.1) is 0 Å². The Morgan fingerprint density at radius 2 is 1.72 bits per heavy atom. The van der Waals surface area contributed by atoms with Gasteiger partial charge in [-0.05, 0) is 63.1 Å². The number of amides is 1. The maximum absolute atomic E-state index is 12.9. The van der Waals surface area contributed by atoms with E-state index in [1.54, 1.807) is 12.1 Å². The van der Waals surface area contributed by atoms with E-state index in [4.69, 9.17) is 0 Å². The summed E-state index contributed by atoms with van der Waals surface area (Å²) in [4.78, 5) is 17.5. The van der Waals surface area contributed by atoms with E-state index in [1.807, 2.05) is 24.9 Å². The van der Waals surface area contributed by atoms with Gasteiger partial charge >= 0.3 is 0 Å². The van der Waals surface area contributed by atoms with Crippen molar-refractivity contribution in [3.05, 3.63) is 54.1 Å². The average molecular weight is 459 g/mol. The number of hydrogen-bond acceptors (Lipinski definition) is 5. The number of hydrogen-bond donors (Lipinski definition) is 1. The lowest BCUT2D eigenvalue weighted by molar-refractivity contribution is -0.120. The van der Waals surface area contributed by atoms with Gasteiger partial charge in [0, 0.05) is 45.1 Å². The summed E-state index contributed by atoms with van der Waals surface area (Å²) in [5.74, 6) is -0.178. The van der Waals surface area contributed by atoms with Crippen molar-refractivity contribution in [2.75, 3.05) is 44.4 Å². The molecule has 8 heteroatoms. The van der Waals surface area contributed by atoms with Gasteiger partial charge in [-0.1, -0.05) is 24.3 Å². The molecule has 32 heavy (non-hydrogen) atoms. The summed E-state index contributed by atoms with van der Waals surface area (Å²) in [7, 11) is 1.34. The summed E-state index contributed by atoms with van der Waals surface area (Å²) in [6.07, 6.45) is 3.71. The number of carbonyl (C=O) groups excluding carboxylic acids is 1. The SMILES string of the molecule is C[C@@H](C(=O)Nc1cccc(S(=O)(=O)N(C)C)c1)N(C)Cc1ccccc1N1CCCCC1. The Labute approximate surface area is 192 Å². The number of sulfonamides is 1. The summed E-state index contributed by atoms with van der Waals surface area (Å²) in [6.45, 7) is 4.65. The van der Waals surface area contributed by atoms with Crippen LogP contribution >= 0.6 is 0 Å². The highest BCUT2D eigenvalue weighted by Gasteiger charge is 2.22. The molecule has 1 heterocycles. The molecule has 1 saturated heterocycles. The van der Waals surface area contributed by atoms with Crippen LogP contribution in [0.2, 0.25) is 0 Å². The Hall–Kier alpha value is -2.42. The Balaban J connectivity index is 1.68. The number of carbonyl (C=O) groups is 1. The van der Waals surface area contributed by atoms with Crippen LogP contribution in [0.5, 0.6) is 0 Å². The van der Waals surface area contributed by atoms with E-state index in [0.29, 0.717) is 12.2 Å². The summed E-state index contributed by atoms with van der Waals surface area (Å²) in [6, 6.07) is 14.4. The fraction of sp³-hybridized carbons (Fsp3) is 0.458. The molecular weight excluding hydrogens is 424 g/mol. The molecule has 2 aromatic carbocycles. The topological polar surface area (TPSA) is 73.0 Å².